The molecule has 5 aromatic rings. The highest BCUT2D eigenvalue weighted by Gasteiger charge is 2.48. The van der Waals surface area contributed by atoms with Gasteiger partial charge in [-0.1, -0.05) is 48.0 Å². The summed E-state index contributed by atoms with van der Waals surface area (Å²) in [6, 6.07) is 18.3. The van der Waals surface area contributed by atoms with Crippen LogP contribution in [0.1, 0.15) is 19.4 Å². The molecule has 0 amide bonds. The van der Waals surface area contributed by atoms with Crippen molar-refractivity contribution in [1.29, 1.82) is 0 Å². The van der Waals surface area contributed by atoms with Gasteiger partial charge in [0.25, 0.3) is 6.01 Å². The van der Waals surface area contributed by atoms with Crippen LogP contribution in [-0.2, 0) is 15.9 Å². The lowest BCUT2D eigenvalue weighted by Crippen LogP contribution is -2.34. The Kier molecular flexibility index (Phi) is 6.75. The van der Waals surface area contributed by atoms with Crippen LogP contribution in [0.4, 0.5) is 0 Å². The first-order valence-electron chi connectivity index (χ1n) is 13.8. The van der Waals surface area contributed by atoms with Gasteiger partial charge in [-0.3, -0.25) is 0 Å². The molecule has 2 fully saturated rings. The predicted molar refractivity (Wildman–Crippen MR) is 157 cm³/mol. The Labute approximate surface area is 246 Å². The van der Waals surface area contributed by atoms with Crippen LogP contribution < -0.4 is 4.74 Å². The summed E-state index contributed by atoms with van der Waals surface area (Å²) in [6.07, 6.45) is 2.53. The average Bonchev–Trinajstić information content (AvgIpc) is 3.75. The zero-order valence-corrected chi connectivity index (χ0v) is 23.8. The summed E-state index contributed by atoms with van der Waals surface area (Å²) in [4.78, 5) is 12.3. The van der Waals surface area contributed by atoms with E-state index in [2.05, 4.69) is 27.2 Å². The number of pyridine rings is 1. The maximum Gasteiger partial charge on any atom is 0.296 e. The van der Waals surface area contributed by atoms with E-state index >= 15 is 0 Å². The van der Waals surface area contributed by atoms with Gasteiger partial charge in [0.05, 0.1) is 46.9 Å². The minimum absolute atomic E-state index is 0.233. The average molecular weight is 588 g/mol. The van der Waals surface area contributed by atoms with Gasteiger partial charge in [-0.05, 0) is 48.7 Å². The molecule has 0 aliphatic carbocycles. The first-order valence-corrected chi connectivity index (χ1v) is 14.2. The minimum Gasteiger partial charge on any atom is -0.456 e. The Bertz CT molecular complexity index is 1730. The van der Waals surface area contributed by atoms with E-state index in [0.29, 0.717) is 40.9 Å². The topological polar surface area (TPSA) is 128 Å². The van der Waals surface area contributed by atoms with E-state index in [-0.39, 0.29) is 24.9 Å². The van der Waals surface area contributed by atoms with Crippen molar-refractivity contribution in [2.24, 2.45) is 0 Å². The molecule has 10 nitrogen and oxygen atoms in total. The Morgan fingerprint density at radius 2 is 1.69 bits per heavy atom. The van der Waals surface area contributed by atoms with Crippen molar-refractivity contribution < 1.29 is 24.4 Å². The summed E-state index contributed by atoms with van der Waals surface area (Å²) in [5.41, 5.74) is 5.88. The third-order valence-electron chi connectivity index (χ3n) is 7.55. The summed E-state index contributed by atoms with van der Waals surface area (Å²) in [7, 11) is 0. The standard InChI is InChI=1S/C31H30ClN5O5/c1-31(2,39)12-17-13-33-37(14-17)21-9-7-19(8-10-21)18-3-5-20(6-4-18)26-22(32)11-23-29(35-26)36-30(34-23)42-25-16-41-27-24(38)15-40-28(25)27/h3-11,13-14,24-25,27-28,38-39H,12,15-16H2,1-2H3,(H,34,35,36)/t24-,25-,27?,28-/m1/s1. The highest BCUT2D eigenvalue weighted by atomic mass is 35.5. The van der Waals surface area contributed by atoms with Crippen molar-refractivity contribution >= 4 is 22.8 Å². The lowest BCUT2D eigenvalue weighted by atomic mass is 10.0. The summed E-state index contributed by atoms with van der Waals surface area (Å²) < 4.78 is 19.1. The number of nitrogens with zero attached hydrogens (tertiary/aromatic N) is 4. The van der Waals surface area contributed by atoms with Gasteiger partial charge in [0.1, 0.15) is 18.3 Å². The molecule has 0 radical (unpaired) electrons. The van der Waals surface area contributed by atoms with Crippen molar-refractivity contribution in [1.82, 2.24) is 24.7 Å². The van der Waals surface area contributed by atoms with Crippen molar-refractivity contribution in [2.75, 3.05) is 13.2 Å². The molecule has 2 aromatic carbocycles. The van der Waals surface area contributed by atoms with Gasteiger partial charge >= 0.3 is 0 Å². The molecule has 216 valence electrons. The number of benzene rings is 2. The molecular formula is C31H30ClN5O5. The summed E-state index contributed by atoms with van der Waals surface area (Å²) in [6.45, 7) is 4.12. The number of aliphatic hydroxyl groups is 2. The predicted octanol–water partition coefficient (Wildman–Crippen LogP) is 4.35. The molecule has 4 atom stereocenters. The lowest BCUT2D eigenvalue weighted by Gasteiger charge is -2.15. The van der Waals surface area contributed by atoms with E-state index in [0.717, 1.165) is 27.9 Å². The number of imidazole rings is 1. The first kappa shape index (κ1) is 27.1. The van der Waals surface area contributed by atoms with Gasteiger partial charge < -0.3 is 29.4 Å². The quantitative estimate of drug-likeness (QED) is 0.256. The monoisotopic (exact) mass is 587 g/mol. The number of ether oxygens (including phenoxy) is 3. The van der Waals surface area contributed by atoms with Crippen molar-refractivity contribution in [3.05, 3.63) is 77.6 Å². The normalized spacial score (nSPS) is 22.1. The van der Waals surface area contributed by atoms with Crippen molar-refractivity contribution in [3.63, 3.8) is 0 Å². The Hall–Kier alpha value is -3.80. The number of hydrogen-bond acceptors (Lipinski definition) is 8. The molecule has 1 unspecified atom stereocenters. The molecule has 3 aromatic heterocycles. The zero-order valence-electron chi connectivity index (χ0n) is 23.1. The van der Waals surface area contributed by atoms with E-state index in [1.807, 2.05) is 47.3 Å². The molecule has 0 spiro atoms. The number of aromatic nitrogens is 5. The van der Waals surface area contributed by atoms with Gasteiger partial charge in [-0.2, -0.15) is 10.1 Å². The number of halogens is 1. The lowest BCUT2D eigenvalue weighted by molar-refractivity contribution is 0.00706. The zero-order chi connectivity index (χ0) is 29.0. The highest BCUT2D eigenvalue weighted by Crippen LogP contribution is 2.33. The van der Waals surface area contributed by atoms with Gasteiger partial charge in [0.15, 0.2) is 11.8 Å². The molecule has 7 rings (SSSR count). The molecule has 3 N–H and O–H groups in total. The fraction of sp³-hybridized carbons (Fsp3) is 0.323. The van der Waals surface area contributed by atoms with Crippen LogP contribution in [0.5, 0.6) is 6.01 Å². The van der Waals surface area contributed by atoms with Crippen LogP contribution in [-0.4, -0.2) is 78.2 Å². The molecular weight excluding hydrogens is 558 g/mol. The smallest absolute Gasteiger partial charge is 0.296 e. The van der Waals surface area contributed by atoms with E-state index in [4.69, 9.17) is 30.8 Å². The van der Waals surface area contributed by atoms with E-state index in [1.165, 1.54) is 0 Å². The van der Waals surface area contributed by atoms with Gasteiger partial charge in [0, 0.05) is 18.2 Å². The molecule has 2 aliphatic rings. The second-order valence-electron chi connectivity index (χ2n) is 11.5. The Morgan fingerprint density at radius 1 is 1.00 bits per heavy atom. The van der Waals surface area contributed by atoms with Gasteiger partial charge in [-0.15, -0.1) is 0 Å². The molecule has 2 saturated heterocycles. The second kappa shape index (κ2) is 10.5. The number of hydrogen-bond donors (Lipinski definition) is 3. The number of aromatic amines is 1. The summed E-state index contributed by atoms with van der Waals surface area (Å²) in [5.74, 6) is 0. The molecule has 42 heavy (non-hydrogen) atoms. The van der Waals surface area contributed by atoms with E-state index in [1.54, 1.807) is 26.1 Å². The molecule has 11 heteroatoms. The number of nitrogens with one attached hydrogen (secondary N) is 1. The summed E-state index contributed by atoms with van der Waals surface area (Å²) in [5, 5.41) is 25.0. The van der Waals surface area contributed by atoms with E-state index < -0.39 is 11.7 Å². The number of rotatable bonds is 7. The third-order valence-corrected chi connectivity index (χ3v) is 7.83. The fourth-order valence-electron chi connectivity index (χ4n) is 5.56. The molecule has 5 heterocycles. The molecule has 2 aliphatic heterocycles. The van der Waals surface area contributed by atoms with Gasteiger partial charge in [0.2, 0.25) is 0 Å². The third kappa shape index (κ3) is 5.28. The number of H-pyrrole nitrogens is 1. The van der Waals surface area contributed by atoms with Crippen LogP contribution >= 0.6 is 11.6 Å². The molecule has 0 bridgehead atoms. The molecule has 0 saturated carbocycles. The minimum atomic E-state index is -0.781. The van der Waals surface area contributed by atoms with Crippen molar-refractivity contribution in [2.45, 2.75) is 50.3 Å². The highest BCUT2D eigenvalue weighted by molar-refractivity contribution is 6.33. The number of aliphatic hydroxyl groups excluding tert-OH is 1. The van der Waals surface area contributed by atoms with Gasteiger partial charge in [-0.25, -0.2) is 9.67 Å². The van der Waals surface area contributed by atoms with Crippen LogP contribution in [0.3, 0.4) is 0 Å². The Morgan fingerprint density at radius 3 is 2.43 bits per heavy atom. The maximum atomic E-state index is 10.1. The van der Waals surface area contributed by atoms with Crippen LogP contribution in [0.2, 0.25) is 5.02 Å². The van der Waals surface area contributed by atoms with E-state index in [9.17, 15) is 10.2 Å². The summed E-state index contributed by atoms with van der Waals surface area (Å²) >= 11 is 6.63. The first-order chi connectivity index (χ1) is 20.2. The largest absolute Gasteiger partial charge is 0.456 e. The fourth-order valence-corrected chi connectivity index (χ4v) is 5.82. The SMILES string of the molecule is CC(C)(O)Cc1cnn(-c2ccc(-c3ccc(-c4nc5nc(O[C@@H]6COC7[C@H](O)CO[C@@H]76)[nH]c5cc4Cl)cc3)cc2)c1. The van der Waals surface area contributed by atoms with Crippen LogP contribution in [0.25, 0.3) is 39.2 Å². The Balaban J connectivity index is 1.07. The second-order valence-corrected chi connectivity index (χ2v) is 11.9. The maximum absolute atomic E-state index is 10.1. The van der Waals surface area contributed by atoms with Crippen LogP contribution in [0.15, 0.2) is 67.0 Å². The van der Waals surface area contributed by atoms with Crippen LogP contribution in [0, 0.1) is 0 Å². The van der Waals surface area contributed by atoms with Crippen molar-refractivity contribution in [3.8, 4) is 34.1 Å². The number of fused-ring (bicyclic) bond motifs is 2.